The molecule has 3 N–H and O–H groups in total. The molecule has 0 spiro atoms. The van der Waals surface area contributed by atoms with E-state index in [1.54, 1.807) is 0 Å². The number of carbonyl (C=O) groups is 1. The van der Waals surface area contributed by atoms with Crippen molar-refractivity contribution in [3.63, 3.8) is 0 Å². The molecule has 0 atom stereocenters. The molecule has 9 heteroatoms. The Morgan fingerprint density at radius 1 is 1.33 bits per heavy atom. The van der Waals surface area contributed by atoms with Gasteiger partial charge in [0.1, 0.15) is 10.7 Å². The highest BCUT2D eigenvalue weighted by atomic mass is 32.2. The SMILES string of the molecule is COCCCCNC(=O)c1cc(F)cc(S(N)(=O)=O)c1F. The first-order valence-corrected chi connectivity index (χ1v) is 7.61. The predicted octanol–water partition coefficient (Wildman–Crippen LogP) is 0.769. The van der Waals surface area contributed by atoms with Gasteiger partial charge in [-0.2, -0.15) is 0 Å². The van der Waals surface area contributed by atoms with E-state index in [4.69, 9.17) is 9.88 Å². The molecule has 1 aromatic carbocycles. The van der Waals surface area contributed by atoms with E-state index in [0.717, 1.165) is 0 Å². The topological polar surface area (TPSA) is 98.5 Å². The van der Waals surface area contributed by atoms with Crippen LogP contribution in [0.3, 0.4) is 0 Å². The standard InChI is InChI=1S/C12H16F2N2O4S/c1-20-5-3-2-4-16-12(17)9-6-8(13)7-10(11(9)14)21(15,18)19/h6-7H,2-5H2,1H3,(H,16,17)(H2,15,18,19). The second-order valence-corrected chi connectivity index (χ2v) is 5.80. The van der Waals surface area contributed by atoms with E-state index in [1.165, 1.54) is 7.11 Å². The zero-order valence-electron chi connectivity index (χ0n) is 11.4. The maximum Gasteiger partial charge on any atom is 0.254 e. The summed E-state index contributed by atoms with van der Waals surface area (Å²) >= 11 is 0. The maximum absolute atomic E-state index is 13.9. The molecule has 0 saturated heterocycles. The van der Waals surface area contributed by atoms with Crippen molar-refractivity contribution in [2.45, 2.75) is 17.7 Å². The van der Waals surface area contributed by atoms with Crippen molar-refractivity contribution < 1.29 is 26.7 Å². The third-order valence-corrected chi connectivity index (χ3v) is 3.53. The number of sulfonamides is 1. The Labute approximate surface area is 121 Å². The summed E-state index contributed by atoms with van der Waals surface area (Å²) in [5.74, 6) is -3.34. The average Bonchev–Trinajstić information content (AvgIpc) is 2.39. The van der Waals surface area contributed by atoms with Crippen molar-refractivity contribution in [2.75, 3.05) is 20.3 Å². The quantitative estimate of drug-likeness (QED) is 0.724. The van der Waals surface area contributed by atoms with Crippen LogP contribution in [0.25, 0.3) is 0 Å². The summed E-state index contributed by atoms with van der Waals surface area (Å²) in [4.78, 5) is 10.7. The summed E-state index contributed by atoms with van der Waals surface area (Å²) < 4.78 is 54.3. The molecule has 0 radical (unpaired) electrons. The van der Waals surface area contributed by atoms with Crippen molar-refractivity contribution in [3.05, 3.63) is 29.3 Å². The molecule has 0 fully saturated rings. The summed E-state index contributed by atoms with van der Waals surface area (Å²) in [5, 5.41) is 7.14. The van der Waals surface area contributed by atoms with Crippen LogP contribution in [0.15, 0.2) is 17.0 Å². The molecule has 1 rings (SSSR count). The largest absolute Gasteiger partial charge is 0.385 e. The molecule has 0 aliphatic rings. The van der Waals surface area contributed by atoms with Gasteiger partial charge in [-0.25, -0.2) is 22.3 Å². The van der Waals surface area contributed by atoms with Gasteiger partial charge < -0.3 is 10.1 Å². The number of carbonyl (C=O) groups excluding carboxylic acids is 1. The minimum atomic E-state index is -4.46. The molecular weight excluding hydrogens is 306 g/mol. The van der Waals surface area contributed by atoms with Crippen LogP contribution < -0.4 is 10.5 Å². The Morgan fingerprint density at radius 3 is 2.57 bits per heavy atom. The highest BCUT2D eigenvalue weighted by Crippen LogP contribution is 2.19. The van der Waals surface area contributed by atoms with E-state index < -0.39 is 38.0 Å². The van der Waals surface area contributed by atoms with Gasteiger partial charge in [0, 0.05) is 20.3 Å². The molecule has 1 aromatic rings. The number of methoxy groups -OCH3 is 1. The molecule has 0 heterocycles. The smallest absolute Gasteiger partial charge is 0.254 e. The monoisotopic (exact) mass is 322 g/mol. The fraction of sp³-hybridized carbons (Fsp3) is 0.417. The highest BCUT2D eigenvalue weighted by Gasteiger charge is 2.23. The lowest BCUT2D eigenvalue weighted by Gasteiger charge is -2.08. The first-order valence-electron chi connectivity index (χ1n) is 6.06. The summed E-state index contributed by atoms with van der Waals surface area (Å²) in [6.07, 6.45) is 1.27. The summed E-state index contributed by atoms with van der Waals surface area (Å²) in [7, 11) is -2.92. The van der Waals surface area contributed by atoms with Crippen molar-refractivity contribution in [1.82, 2.24) is 5.32 Å². The van der Waals surface area contributed by atoms with Gasteiger partial charge in [0.25, 0.3) is 5.91 Å². The molecule has 0 unspecified atom stereocenters. The Kier molecular flexibility index (Phi) is 6.19. The third kappa shape index (κ3) is 5.03. The highest BCUT2D eigenvalue weighted by molar-refractivity contribution is 7.89. The van der Waals surface area contributed by atoms with Gasteiger partial charge in [-0.1, -0.05) is 0 Å². The number of nitrogens with two attached hydrogens (primary N) is 1. The van der Waals surface area contributed by atoms with Gasteiger partial charge >= 0.3 is 0 Å². The van der Waals surface area contributed by atoms with Crippen LogP contribution in [0, 0.1) is 11.6 Å². The number of benzene rings is 1. The van der Waals surface area contributed by atoms with Gasteiger partial charge in [-0.05, 0) is 25.0 Å². The van der Waals surface area contributed by atoms with Crippen LogP contribution in [-0.2, 0) is 14.8 Å². The first-order chi connectivity index (χ1) is 9.77. The van der Waals surface area contributed by atoms with E-state index >= 15 is 0 Å². The predicted molar refractivity (Wildman–Crippen MR) is 71.2 cm³/mol. The maximum atomic E-state index is 13.9. The number of hydrogen-bond acceptors (Lipinski definition) is 4. The van der Waals surface area contributed by atoms with Gasteiger partial charge in [-0.15, -0.1) is 0 Å². The molecule has 0 aliphatic heterocycles. The third-order valence-electron chi connectivity index (χ3n) is 2.62. The zero-order chi connectivity index (χ0) is 16.0. The average molecular weight is 322 g/mol. The molecular formula is C12H16F2N2O4S. The van der Waals surface area contributed by atoms with Crippen molar-refractivity contribution in [3.8, 4) is 0 Å². The van der Waals surface area contributed by atoms with Gasteiger partial charge in [0.15, 0.2) is 5.82 Å². The molecule has 0 bridgehead atoms. The number of rotatable bonds is 7. The summed E-state index contributed by atoms with van der Waals surface area (Å²) in [6, 6.07) is 1.05. The Morgan fingerprint density at radius 2 is 2.00 bits per heavy atom. The molecule has 0 saturated carbocycles. The van der Waals surface area contributed by atoms with E-state index in [2.05, 4.69) is 5.32 Å². The van der Waals surface area contributed by atoms with Crippen molar-refractivity contribution in [2.24, 2.45) is 5.14 Å². The molecule has 1 amide bonds. The van der Waals surface area contributed by atoms with Gasteiger partial charge in [0.2, 0.25) is 10.0 Å². The molecule has 6 nitrogen and oxygen atoms in total. The van der Waals surface area contributed by atoms with Gasteiger partial charge in [0.05, 0.1) is 5.56 Å². The van der Waals surface area contributed by atoms with Crippen LogP contribution in [-0.4, -0.2) is 34.6 Å². The van der Waals surface area contributed by atoms with Crippen LogP contribution in [0.1, 0.15) is 23.2 Å². The summed E-state index contributed by atoms with van der Waals surface area (Å²) in [5.41, 5.74) is -0.703. The number of unbranched alkanes of at least 4 members (excludes halogenated alkanes) is 1. The molecule has 0 aliphatic carbocycles. The second kappa shape index (κ2) is 7.43. The minimum Gasteiger partial charge on any atom is -0.385 e. The Bertz CT molecular complexity index is 620. The van der Waals surface area contributed by atoms with Crippen LogP contribution in [0.4, 0.5) is 8.78 Å². The van der Waals surface area contributed by atoms with Crippen LogP contribution >= 0.6 is 0 Å². The normalized spacial score (nSPS) is 11.4. The Balaban J connectivity index is 2.88. The van der Waals surface area contributed by atoms with E-state index in [9.17, 15) is 22.0 Å². The fourth-order valence-electron chi connectivity index (χ4n) is 1.61. The number of nitrogens with one attached hydrogen (secondary N) is 1. The minimum absolute atomic E-state index is 0.225. The van der Waals surface area contributed by atoms with E-state index in [1.807, 2.05) is 0 Å². The lowest BCUT2D eigenvalue weighted by atomic mass is 10.2. The van der Waals surface area contributed by atoms with Gasteiger partial charge in [-0.3, -0.25) is 4.79 Å². The number of amides is 1. The molecule has 118 valence electrons. The first kappa shape index (κ1) is 17.5. The lowest BCUT2D eigenvalue weighted by molar-refractivity contribution is 0.0946. The fourth-order valence-corrected chi connectivity index (χ4v) is 2.24. The Hall–Kier alpha value is -1.58. The molecule has 21 heavy (non-hydrogen) atoms. The number of hydrogen-bond donors (Lipinski definition) is 2. The zero-order valence-corrected chi connectivity index (χ0v) is 12.2. The lowest BCUT2D eigenvalue weighted by Crippen LogP contribution is -2.27. The summed E-state index contributed by atoms with van der Waals surface area (Å²) in [6.45, 7) is 0.739. The van der Waals surface area contributed by atoms with E-state index in [-0.39, 0.29) is 6.54 Å². The van der Waals surface area contributed by atoms with Crippen molar-refractivity contribution >= 4 is 15.9 Å². The van der Waals surface area contributed by atoms with Crippen molar-refractivity contribution in [1.29, 1.82) is 0 Å². The van der Waals surface area contributed by atoms with Crippen LogP contribution in [0.2, 0.25) is 0 Å². The van der Waals surface area contributed by atoms with Crippen LogP contribution in [0.5, 0.6) is 0 Å². The number of primary sulfonamides is 1. The number of halogens is 2. The van der Waals surface area contributed by atoms with E-state index in [0.29, 0.717) is 31.6 Å². The molecule has 0 aromatic heterocycles. The second-order valence-electron chi connectivity index (χ2n) is 4.27. The number of ether oxygens (including phenoxy) is 1.